The second kappa shape index (κ2) is 9.06. The number of hydrogen-bond acceptors (Lipinski definition) is 3. The summed E-state index contributed by atoms with van der Waals surface area (Å²) in [5.41, 5.74) is 1.24. The van der Waals surface area contributed by atoms with Crippen LogP contribution < -0.4 is 10.1 Å². The van der Waals surface area contributed by atoms with Gasteiger partial charge in [-0.3, -0.25) is 4.90 Å². The summed E-state index contributed by atoms with van der Waals surface area (Å²) in [5.74, 6) is 1.02. The standard InChI is InChI=1S/C18H30N2O/c1-3-8-17-10-6-7-12-20(17)13-14-21-18-11-5-4-9-16(18)15-19-2/h4-5,9,11,17,19H,3,6-8,10,12-15H2,1-2H3. The van der Waals surface area contributed by atoms with Crippen molar-refractivity contribution in [3.63, 3.8) is 0 Å². The van der Waals surface area contributed by atoms with Gasteiger partial charge in [0.1, 0.15) is 12.4 Å². The molecule has 0 saturated carbocycles. The fraction of sp³-hybridized carbons (Fsp3) is 0.667. The van der Waals surface area contributed by atoms with Crippen LogP contribution in [0.3, 0.4) is 0 Å². The Hall–Kier alpha value is -1.06. The highest BCUT2D eigenvalue weighted by Crippen LogP contribution is 2.21. The molecule has 0 aliphatic carbocycles. The van der Waals surface area contributed by atoms with Crippen molar-refractivity contribution in [3.05, 3.63) is 29.8 Å². The van der Waals surface area contributed by atoms with Crippen molar-refractivity contribution < 1.29 is 4.74 Å². The van der Waals surface area contributed by atoms with Crippen LogP contribution in [0, 0.1) is 0 Å². The number of para-hydroxylation sites is 1. The van der Waals surface area contributed by atoms with Crippen molar-refractivity contribution in [2.75, 3.05) is 26.7 Å². The molecule has 0 spiro atoms. The molecule has 0 radical (unpaired) electrons. The highest BCUT2D eigenvalue weighted by Gasteiger charge is 2.21. The Balaban J connectivity index is 1.82. The molecule has 1 aromatic rings. The van der Waals surface area contributed by atoms with Crippen molar-refractivity contribution in [1.29, 1.82) is 0 Å². The van der Waals surface area contributed by atoms with Crippen LogP contribution in [-0.2, 0) is 6.54 Å². The topological polar surface area (TPSA) is 24.5 Å². The van der Waals surface area contributed by atoms with Crippen molar-refractivity contribution in [3.8, 4) is 5.75 Å². The molecule has 1 aromatic carbocycles. The van der Waals surface area contributed by atoms with Crippen LogP contribution >= 0.6 is 0 Å². The van der Waals surface area contributed by atoms with Crippen LogP contribution in [0.1, 0.15) is 44.6 Å². The van der Waals surface area contributed by atoms with E-state index in [-0.39, 0.29) is 0 Å². The fourth-order valence-electron chi connectivity index (χ4n) is 3.27. The van der Waals surface area contributed by atoms with E-state index < -0.39 is 0 Å². The number of likely N-dealkylation sites (tertiary alicyclic amines) is 1. The third-order valence-electron chi connectivity index (χ3n) is 4.35. The van der Waals surface area contributed by atoms with E-state index in [0.29, 0.717) is 0 Å². The van der Waals surface area contributed by atoms with Crippen molar-refractivity contribution in [2.24, 2.45) is 0 Å². The quantitative estimate of drug-likeness (QED) is 0.794. The van der Waals surface area contributed by atoms with E-state index in [1.807, 2.05) is 7.05 Å². The maximum atomic E-state index is 6.04. The van der Waals surface area contributed by atoms with E-state index in [9.17, 15) is 0 Å². The van der Waals surface area contributed by atoms with Crippen LogP contribution in [0.15, 0.2) is 24.3 Å². The summed E-state index contributed by atoms with van der Waals surface area (Å²) in [5, 5.41) is 3.20. The monoisotopic (exact) mass is 290 g/mol. The Labute approximate surface area is 129 Å². The van der Waals surface area contributed by atoms with Crippen LogP contribution in [0.25, 0.3) is 0 Å². The molecule has 3 heteroatoms. The van der Waals surface area contributed by atoms with E-state index >= 15 is 0 Å². The van der Waals surface area contributed by atoms with Gasteiger partial charge in [0.25, 0.3) is 0 Å². The molecule has 1 N–H and O–H groups in total. The second-order valence-corrected chi connectivity index (χ2v) is 5.96. The summed E-state index contributed by atoms with van der Waals surface area (Å²) < 4.78 is 6.04. The Morgan fingerprint density at radius 2 is 2.14 bits per heavy atom. The summed E-state index contributed by atoms with van der Waals surface area (Å²) in [7, 11) is 1.97. The Morgan fingerprint density at radius 1 is 1.29 bits per heavy atom. The molecule has 1 aliphatic heterocycles. The van der Waals surface area contributed by atoms with E-state index in [1.165, 1.54) is 44.2 Å². The predicted molar refractivity (Wildman–Crippen MR) is 88.8 cm³/mol. The Kier molecular flexibility index (Phi) is 7.04. The van der Waals surface area contributed by atoms with Gasteiger partial charge in [-0.2, -0.15) is 0 Å². The van der Waals surface area contributed by atoms with Crippen LogP contribution in [0.2, 0.25) is 0 Å². The molecule has 1 heterocycles. The molecule has 1 unspecified atom stereocenters. The largest absolute Gasteiger partial charge is 0.492 e. The molecule has 1 aliphatic rings. The minimum absolute atomic E-state index is 0.778. The van der Waals surface area contributed by atoms with Gasteiger partial charge in [-0.25, -0.2) is 0 Å². The predicted octanol–water partition coefficient (Wildman–Crippen LogP) is 3.44. The third kappa shape index (κ3) is 5.01. The molecule has 0 bridgehead atoms. The smallest absolute Gasteiger partial charge is 0.123 e. The lowest BCUT2D eigenvalue weighted by molar-refractivity contribution is 0.116. The summed E-state index contributed by atoms with van der Waals surface area (Å²) >= 11 is 0. The average Bonchev–Trinajstić information content (AvgIpc) is 2.51. The average molecular weight is 290 g/mol. The SMILES string of the molecule is CCCC1CCCCN1CCOc1ccccc1CNC. The molecular formula is C18H30N2O. The zero-order valence-electron chi connectivity index (χ0n) is 13.6. The lowest BCUT2D eigenvalue weighted by Gasteiger charge is -2.35. The van der Waals surface area contributed by atoms with Gasteiger partial charge in [-0.1, -0.05) is 38.0 Å². The Morgan fingerprint density at radius 3 is 2.95 bits per heavy atom. The second-order valence-electron chi connectivity index (χ2n) is 5.96. The molecule has 118 valence electrons. The van der Waals surface area contributed by atoms with Gasteiger partial charge < -0.3 is 10.1 Å². The lowest BCUT2D eigenvalue weighted by Crippen LogP contribution is -2.41. The Bertz CT molecular complexity index is 406. The lowest BCUT2D eigenvalue weighted by atomic mass is 9.98. The van der Waals surface area contributed by atoms with Crippen LogP contribution in [0.4, 0.5) is 0 Å². The van der Waals surface area contributed by atoms with E-state index in [2.05, 4.69) is 41.4 Å². The van der Waals surface area contributed by atoms with Crippen molar-refractivity contribution in [1.82, 2.24) is 10.2 Å². The maximum absolute atomic E-state index is 6.04. The first-order valence-electron chi connectivity index (χ1n) is 8.44. The van der Waals surface area contributed by atoms with Crippen molar-refractivity contribution >= 4 is 0 Å². The molecule has 21 heavy (non-hydrogen) atoms. The molecule has 0 amide bonds. The molecule has 1 saturated heterocycles. The number of benzene rings is 1. The van der Waals surface area contributed by atoms with Gasteiger partial charge >= 0.3 is 0 Å². The van der Waals surface area contributed by atoms with Crippen LogP contribution in [-0.4, -0.2) is 37.7 Å². The molecule has 2 rings (SSSR count). The number of rotatable bonds is 8. The fourth-order valence-corrected chi connectivity index (χ4v) is 3.27. The number of piperidine rings is 1. The molecule has 1 atom stereocenters. The highest BCUT2D eigenvalue weighted by atomic mass is 16.5. The molecular weight excluding hydrogens is 260 g/mol. The van der Waals surface area contributed by atoms with Gasteiger partial charge in [-0.15, -0.1) is 0 Å². The molecule has 3 nitrogen and oxygen atoms in total. The van der Waals surface area contributed by atoms with E-state index in [4.69, 9.17) is 4.74 Å². The summed E-state index contributed by atoms with van der Waals surface area (Å²) in [6.45, 7) is 6.24. The zero-order valence-corrected chi connectivity index (χ0v) is 13.6. The van der Waals surface area contributed by atoms with Gasteiger partial charge in [0.2, 0.25) is 0 Å². The number of ether oxygens (including phenoxy) is 1. The van der Waals surface area contributed by atoms with Crippen LogP contribution in [0.5, 0.6) is 5.75 Å². The zero-order chi connectivity index (χ0) is 14.9. The van der Waals surface area contributed by atoms with Gasteiger partial charge in [-0.05, 0) is 38.9 Å². The number of nitrogens with zero attached hydrogens (tertiary/aromatic N) is 1. The van der Waals surface area contributed by atoms with E-state index in [1.54, 1.807) is 0 Å². The first-order valence-corrected chi connectivity index (χ1v) is 8.44. The normalized spacial score (nSPS) is 19.6. The first-order chi connectivity index (χ1) is 10.3. The van der Waals surface area contributed by atoms with Crippen molar-refractivity contribution in [2.45, 2.75) is 51.6 Å². The van der Waals surface area contributed by atoms with E-state index in [0.717, 1.165) is 31.5 Å². The first kappa shape index (κ1) is 16.3. The minimum atomic E-state index is 0.778. The van der Waals surface area contributed by atoms with Gasteiger partial charge in [0.05, 0.1) is 0 Å². The minimum Gasteiger partial charge on any atom is -0.492 e. The summed E-state index contributed by atoms with van der Waals surface area (Å²) in [6.07, 6.45) is 6.72. The highest BCUT2D eigenvalue weighted by molar-refractivity contribution is 5.33. The number of nitrogens with one attached hydrogen (secondary N) is 1. The number of hydrogen-bond donors (Lipinski definition) is 1. The third-order valence-corrected chi connectivity index (χ3v) is 4.35. The van der Waals surface area contributed by atoms with Gasteiger partial charge in [0, 0.05) is 24.7 Å². The summed E-state index contributed by atoms with van der Waals surface area (Å²) in [4.78, 5) is 2.63. The molecule has 1 fully saturated rings. The summed E-state index contributed by atoms with van der Waals surface area (Å²) in [6, 6.07) is 9.11. The molecule has 0 aromatic heterocycles. The van der Waals surface area contributed by atoms with Gasteiger partial charge in [0.15, 0.2) is 0 Å². The maximum Gasteiger partial charge on any atom is 0.123 e.